The highest BCUT2D eigenvalue weighted by atomic mass is 32.1. The number of rotatable bonds is 7. The van der Waals surface area contributed by atoms with E-state index < -0.39 is 0 Å². The van der Waals surface area contributed by atoms with Crippen LogP contribution in [0.5, 0.6) is 0 Å². The van der Waals surface area contributed by atoms with Crippen LogP contribution in [0.2, 0.25) is 0 Å². The van der Waals surface area contributed by atoms with Crippen LogP contribution in [-0.4, -0.2) is 39.6 Å². The first kappa shape index (κ1) is 22.1. The molecule has 0 bridgehead atoms. The molecule has 5 rings (SSSR count). The first-order valence-electron chi connectivity index (χ1n) is 11.1. The smallest absolute Gasteiger partial charge is 0.251 e. The molecule has 1 aliphatic heterocycles. The van der Waals surface area contributed by atoms with Gasteiger partial charge in [-0.1, -0.05) is 36.9 Å². The molecule has 34 heavy (non-hydrogen) atoms. The summed E-state index contributed by atoms with van der Waals surface area (Å²) in [6.45, 7) is 6.62. The first-order chi connectivity index (χ1) is 16.5. The minimum atomic E-state index is -0.119. The van der Waals surface area contributed by atoms with Gasteiger partial charge in [0, 0.05) is 54.0 Å². The summed E-state index contributed by atoms with van der Waals surface area (Å²) in [5.74, 6) is -0.119. The second kappa shape index (κ2) is 9.62. The van der Waals surface area contributed by atoms with E-state index in [1.165, 1.54) is 10.6 Å². The van der Waals surface area contributed by atoms with Crippen molar-refractivity contribution in [2.45, 2.75) is 19.5 Å². The van der Waals surface area contributed by atoms with E-state index in [0.29, 0.717) is 12.1 Å². The molecule has 2 aromatic heterocycles. The van der Waals surface area contributed by atoms with Crippen LogP contribution in [0.1, 0.15) is 32.1 Å². The highest BCUT2D eigenvalue weighted by molar-refractivity contribution is 7.15. The third-order valence-corrected chi connectivity index (χ3v) is 6.86. The van der Waals surface area contributed by atoms with Crippen LogP contribution >= 0.6 is 11.3 Å². The maximum absolute atomic E-state index is 12.7. The van der Waals surface area contributed by atoms with Gasteiger partial charge in [-0.2, -0.15) is 5.10 Å². The van der Waals surface area contributed by atoms with Crippen molar-refractivity contribution in [2.75, 3.05) is 18.9 Å². The Morgan fingerprint density at radius 2 is 2.03 bits per heavy atom. The highest BCUT2D eigenvalue weighted by Gasteiger charge is 2.18. The lowest BCUT2D eigenvalue weighted by Crippen LogP contribution is -2.25. The number of aromatic nitrogens is 3. The molecular formula is C26H26N6OS. The van der Waals surface area contributed by atoms with Gasteiger partial charge in [0.05, 0.1) is 11.9 Å². The van der Waals surface area contributed by atoms with Crippen LogP contribution in [0.4, 0.5) is 5.13 Å². The van der Waals surface area contributed by atoms with Gasteiger partial charge in [-0.15, -0.1) is 11.3 Å². The van der Waals surface area contributed by atoms with Gasteiger partial charge >= 0.3 is 0 Å². The Morgan fingerprint density at radius 1 is 1.18 bits per heavy atom. The number of hydrogen-bond donors (Lipinski definition) is 3. The highest BCUT2D eigenvalue weighted by Crippen LogP contribution is 2.29. The molecule has 0 saturated carbocycles. The SMILES string of the molecule is C=C(Nc1nc2c(s1)CN(C)CC2)c1cccc(CNC(=O)c2cccc(-c3cn[nH]c3)c2)c1. The minimum Gasteiger partial charge on any atom is -0.348 e. The summed E-state index contributed by atoms with van der Waals surface area (Å²) >= 11 is 1.69. The van der Waals surface area contributed by atoms with Crippen molar-refractivity contribution in [3.8, 4) is 11.1 Å². The Bertz CT molecular complexity index is 1330. The number of thiazole rings is 1. The van der Waals surface area contributed by atoms with Crippen LogP contribution in [0, 0.1) is 0 Å². The van der Waals surface area contributed by atoms with Gasteiger partial charge in [0.1, 0.15) is 0 Å². The van der Waals surface area contributed by atoms with E-state index in [1.807, 2.05) is 54.7 Å². The van der Waals surface area contributed by atoms with Crippen molar-refractivity contribution >= 4 is 28.1 Å². The average Bonchev–Trinajstić information content (AvgIpc) is 3.52. The Labute approximate surface area is 202 Å². The van der Waals surface area contributed by atoms with E-state index in [2.05, 4.69) is 39.4 Å². The largest absolute Gasteiger partial charge is 0.348 e. The van der Waals surface area contributed by atoms with Gasteiger partial charge in [0.25, 0.3) is 5.91 Å². The van der Waals surface area contributed by atoms with Gasteiger partial charge in [-0.25, -0.2) is 4.98 Å². The van der Waals surface area contributed by atoms with Crippen molar-refractivity contribution in [1.82, 2.24) is 25.4 Å². The second-order valence-corrected chi connectivity index (χ2v) is 9.51. The Morgan fingerprint density at radius 3 is 2.88 bits per heavy atom. The molecule has 3 heterocycles. The molecule has 2 aromatic carbocycles. The number of hydrogen-bond acceptors (Lipinski definition) is 6. The van der Waals surface area contributed by atoms with Crippen molar-refractivity contribution in [1.29, 1.82) is 0 Å². The summed E-state index contributed by atoms with van der Waals surface area (Å²) in [7, 11) is 2.13. The molecule has 0 radical (unpaired) electrons. The zero-order valence-corrected chi connectivity index (χ0v) is 19.8. The number of carbonyl (C=O) groups excluding carboxylic acids is 1. The average molecular weight is 471 g/mol. The molecule has 0 atom stereocenters. The van der Waals surface area contributed by atoms with Crippen molar-refractivity contribution in [3.05, 3.63) is 94.8 Å². The molecule has 0 aliphatic carbocycles. The van der Waals surface area contributed by atoms with Gasteiger partial charge in [-0.05, 0) is 41.9 Å². The van der Waals surface area contributed by atoms with E-state index in [9.17, 15) is 4.79 Å². The van der Waals surface area contributed by atoms with E-state index in [1.54, 1.807) is 17.5 Å². The van der Waals surface area contributed by atoms with Crippen LogP contribution in [-0.2, 0) is 19.5 Å². The van der Waals surface area contributed by atoms with Gasteiger partial charge in [0.2, 0.25) is 0 Å². The molecule has 172 valence electrons. The number of likely N-dealkylation sites (N-methyl/N-ethyl adjacent to an activating group) is 1. The Balaban J connectivity index is 1.22. The van der Waals surface area contributed by atoms with Crippen LogP contribution in [0.25, 0.3) is 16.8 Å². The zero-order valence-electron chi connectivity index (χ0n) is 19.0. The van der Waals surface area contributed by atoms with Crippen LogP contribution in [0.15, 0.2) is 67.5 Å². The van der Waals surface area contributed by atoms with Gasteiger partial charge in [-0.3, -0.25) is 9.89 Å². The maximum Gasteiger partial charge on any atom is 0.251 e. The predicted molar refractivity (Wildman–Crippen MR) is 136 cm³/mol. The lowest BCUT2D eigenvalue weighted by atomic mass is 10.1. The molecule has 3 N–H and O–H groups in total. The molecule has 7 nitrogen and oxygen atoms in total. The lowest BCUT2D eigenvalue weighted by molar-refractivity contribution is 0.0951. The van der Waals surface area contributed by atoms with E-state index in [-0.39, 0.29) is 5.91 Å². The van der Waals surface area contributed by atoms with Crippen LogP contribution < -0.4 is 10.6 Å². The van der Waals surface area contributed by atoms with Crippen LogP contribution in [0.3, 0.4) is 0 Å². The summed E-state index contributed by atoms with van der Waals surface area (Å²) in [5.41, 5.74) is 6.45. The second-order valence-electron chi connectivity index (χ2n) is 8.43. The monoisotopic (exact) mass is 470 g/mol. The zero-order chi connectivity index (χ0) is 23.5. The normalized spacial score (nSPS) is 13.3. The summed E-state index contributed by atoms with van der Waals surface area (Å²) in [6, 6.07) is 15.5. The number of aromatic amines is 1. The number of amides is 1. The van der Waals surface area contributed by atoms with E-state index in [0.717, 1.165) is 52.6 Å². The van der Waals surface area contributed by atoms with E-state index in [4.69, 9.17) is 4.98 Å². The fourth-order valence-corrected chi connectivity index (χ4v) is 5.09. The van der Waals surface area contributed by atoms with E-state index >= 15 is 0 Å². The third-order valence-electron chi connectivity index (χ3n) is 5.86. The first-order valence-corrected chi connectivity index (χ1v) is 12.0. The molecule has 4 aromatic rings. The predicted octanol–water partition coefficient (Wildman–Crippen LogP) is 4.53. The van der Waals surface area contributed by atoms with Gasteiger partial charge < -0.3 is 15.5 Å². The standard InChI is InChI=1S/C26H26N6OS/c1-17(30-26-31-23-9-10-32(2)16-24(23)34-26)19-6-3-5-18(11-19)13-27-25(33)21-8-4-7-20(12-21)22-14-28-29-15-22/h3-8,11-12,14-15H,1,9-10,13,16H2,2H3,(H,27,33)(H,28,29)(H,30,31). The molecule has 1 aliphatic rings. The summed E-state index contributed by atoms with van der Waals surface area (Å²) in [4.78, 5) is 21.1. The number of anilines is 1. The Kier molecular flexibility index (Phi) is 6.24. The van der Waals surface area contributed by atoms with Crippen molar-refractivity contribution in [3.63, 3.8) is 0 Å². The quantitative estimate of drug-likeness (QED) is 0.369. The topological polar surface area (TPSA) is 85.9 Å². The van der Waals surface area contributed by atoms with Gasteiger partial charge in [0.15, 0.2) is 5.13 Å². The number of nitrogens with one attached hydrogen (secondary N) is 3. The fourth-order valence-electron chi connectivity index (χ4n) is 3.98. The van der Waals surface area contributed by atoms with Crippen molar-refractivity contribution < 1.29 is 4.79 Å². The molecular weight excluding hydrogens is 444 g/mol. The summed E-state index contributed by atoms with van der Waals surface area (Å²) in [5, 5.41) is 14.0. The number of fused-ring (bicyclic) bond motifs is 1. The molecule has 0 saturated heterocycles. The summed E-state index contributed by atoms with van der Waals surface area (Å²) < 4.78 is 0. The number of H-pyrrole nitrogens is 1. The molecule has 0 unspecified atom stereocenters. The summed E-state index contributed by atoms with van der Waals surface area (Å²) in [6.07, 6.45) is 4.53. The van der Waals surface area contributed by atoms with Crippen molar-refractivity contribution in [2.24, 2.45) is 0 Å². The molecule has 0 fully saturated rings. The fraction of sp³-hybridized carbons (Fsp3) is 0.192. The lowest BCUT2D eigenvalue weighted by Gasteiger charge is -2.20. The Hall–Kier alpha value is -3.75. The maximum atomic E-state index is 12.7. The molecule has 1 amide bonds. The number of nitrogens with zero attached hydrogens (tertiary/aromatic N) is 3. The third kappa shape index (κ3) is 4.93. The minimum absolute atomic E-state index is 0.119. The molecule has 0 spiro atoms. The number of carbonyl (C=O) groups is 1. The molecule has 8 heteroatoms. The number of benzene rings is 2.